The third kappa shape index (κ3) is 6.07. The van der Waals surface area contributed by atoms with Crippen molar-refractivity contribution in [2.45, 2.75) is 77.2 Å². The molecule has 28 heavy (non-hydrogen) atoms. The van der Waals surface area contributed by atoms with Gasteiger partial charge in [-0.3, -0.25) is 0 Å². The normalized spacial score (nSPS) is 11.9. The highest BCUT2D eigenvalue weighted by Gasteiger charge is 2.36. The van der Waals surface area contributed by atoms with Crippen molar-refractivity contribution < 1.29 is 0 Å². The molecular weight excluding hydrogens is 338 g/mol. The van der Waals surface area contributed by atoms with E-state index < -0.39 is 5.54 Å². The van der Waals surface area contributed by atoms with Crippen molar-refractivity contribution in [3.8, 4) is 0 Å². The number of hydrogen-bond donors (Lipinski definition) is 1. The molecule has 1 aromatic rings. The fourth-order valence-corrected chi connectivity index (χ4v) is 3.61. The minimum absolute atomic E-state index is 0.0754. The van der Waals surface area contributed by atoms with Crippen molar-refractivity contribution in [2.24, 2.45) is 0 Å². The van der Waals surface area contributed by atoms with Crippen LogP contribution in [0.15, 0.2) is 73.9 Å². The van der Waals surface area contributed by atoms with Crippen LogP contribution in [-0.2, 0) is 11.0 Å². The highest BCUT2D eigenvalue weighted by Crippen LogP contribution is 2.38. The van der Waals surface area contributed by atoms with Gasteiger partial charge in [-0.2, -0.15) is 0 Å². The van der Waals surface area contributed by atoms with Crippen molar-refractivity contribution in [1.82, 2.24) is 5.32 Å². The molecule has 0 heterocycles. The van der Waals surface area contributed by atoms with Crippen molar-refractivity contribution in [3.63, 3.8) is 0 Å². The summed E-state index contributed by atoms with van der Waals surface area (Å²) >= 11 is 0. The van der Waals surface area contributed by atoms with Crippen molar-refractivity contribution in [1.29, 1.82) is 0 Å². The molecule has 154 valence electrons. The molecule has 1 rings (SSSR count). The maximum Gasteiger partial charge on any atom is 0.0936 e. The fourth-order valence-electron chi connectivity index (χ4n) is 3.61. The molecule has 1 nitrogen and oxygen atoms in total. The first-order valence-electron chi connectivity index (χ1n) is 10.7. The second-order valence-corrected chi connectivity index (χ2v) is 8.73. The largest absolute Gasteiger partial charge is 0.300 e. The van der Waals surface area contributed by atoms with Crippen LogP contribution in [0, 0.1) is 0 Å². The van der Waals surface area contributed by atoms with E-state index in [2.05, 4.69) is 83.6 Å². The molecule has 0 saturated heterocycles. The Kier molecular flexibility index (Phi) is 9.69. The second kappa shape index (κ2) is 11.2. The van der Waals surface area contributed by atoms with Gasteiger partial charge in [0.05, 0.1) is 5.54 Å². The number of benzene rings is 1. The maximum absolute atomic E-state index is 4.33. The van der Waals surface area contributed by atoms with Gasteiger partial charge in [-0.05, 0) is 40.7 Å². The first-order valence-corrected chi connectivity index (χ1v) is 10.7. The maximum atomic E-state index is 4.33. The summed E-state index contributed by atoms with van der Waals surface area (Å²) in [5.41, 5.74) is 3.79. The zero-order valence-corrected chi connectivity index (χ0v) is 18.7. The van der Waals surface area contributed by atoms with Gasteiger partial charge in [-0.1, -0.05) is 123 Å². The van der Waals surface area contributed by atoms with Gasteiger partial charge in [0.1, 0.15) is 0 Å². The Bertz CT molecular complexity index is 652. The van der Waals surface area contributed by atoms with E-state index in [4.69, 9.17) is 0 Å². The van der Waals surface area contributed by atoms with Crippen LogP contribution in [0.4, 0.5) is 0 Å². The summed E-state index contributed by atoms with van der Waals surface area (Å²) in [4.78, 5) is 0. The topological polar surface area (TPSA) is 12.0 Å². The molecule has 0 aliphatic heterocycles. The zero-order valence-electron chi connectivity index (χ0n) is 18.7. The van der Waals surface area contributed by atoms with Crippen molar-refractivity contribution in [3.05, 3.63) is 85.0 Å². The van der Waals surface area contributed by atoms with E-state index in [1.165, 1.54) is 37.7 Å². The average Bonchev–Trinajstić information content (AvgIpc) is 2.68. The quantitative estimate of drug-likeness (QED) is 0.274. The third-order valence-electron chi connectivity index (χ3n) is 5.54. The molecule has 0 unspecified atom stereocenters. The first kappa shape index (κ1) is 24.2. The molecule has 1 N–H and O–H groups in total. The minimum Gasteiger partial charge on any atom is -0.300 e. The van der Waals surface area contributed by atoms with Gasteiger partial charge in [0.25, 0.3) is 0 Å². The van der Waals surface area contributed by atoms with E-state index in [0.717, 1.165) is 29.7 Å². The summed E-state index contributed by atoms with van der Waals surface area (Å²) in [7, 11) is 0. The lowest BCUT2D eigenvalue weighted by atomic mass is 9.75. The number of rotatable bonds is 13. The third-order valence-corrected chi connectivity index (χ3v) is 5.54. The Hall–Kier alpha value is -1.86. The van der Waals surface area contributed by atoms with Gasteiger partial charge in [0, 0.05) is 0 Å². The lowest BCUT2D eigenvalue weighted by molar-refractivity contribution is 0.453. The molecule has 0 saturated carbocycles. The van der Waals surface area contributed by atoms with Gasteiger partial charge in [-0.25, -0.2) is 0 Å². The van der Waals surface area contributed by atoms with Crippen LogP contribution in [0.5, 0.6) is 0 Å². The van der Waals surface area contributed by atoms with Crippen molar-refractivity contribution >= 4 is 0 Å². The van der Waals surface area contributed by atoms with Gasteiger partial charge in [-0.15, -0.1) is 0 Å². The summed E-state index contributed by atoms with van der Waals surface area (Å²) in [6.07, 6.45) is 11.3. The lowest BCUT2D eigenvalue weighted by Crippen LogP contribution is -2.45. The fraction of sp³-hybridized carbons (Fsp3) is 0.481. The summed E-state index contributed by atoms with van der Waals surface area (Å²) in [6.45, 7) is 26.5. The molecule has 0 radical (unpaired) electrons. The van der Waals surface area contributed by atoms with Gasteiger partial charge in [0.15, 0.2) is 0 Å². The Morgan fingerprint density at radius 3 is 1.96 bits per heavy atom. The first-order chi connectivity index (χ1) is 13.2. The smallest absolute Gasteiger partial charge is 0.0936 e. The molecule has 0 atom stereocenters. The Balaban J connectivity index is 3.18. The zero-order chi connectivity index (χ0) is 21.2. The van der Waals surface area contributed by atoms with Crippen LogP contribution in [0.1, 0.15) is 77.3 Å². The molecule has 1 aromatic carbocycles. The Labute approximate surface area is 174 Å². The SMILES string of the molecule is C=CC(=C)C(NCCCCCCCC)(C(=C)C=C)c1cccc(C(C)(C)C)c1. The predicted molar refractivity (Wildman–Crippen MR) is 127 cm³/mol. The molecule has 0 spiro atoms. The van der Waals surface area contributed by atoms with E-state index in [1.807, 2.05) is 12.2 Å². The van der Waals surface area contributed by atoms with Gasteiger partial charge < -0.3 is 5.32 Å². The Morgan fingerprint density at radius 2 is 1.43 bits per heavy atom. The van der Waals surface area contributed by atoms with E-state index in [9.17, 15) is 0 Å². The molecular formula is C27H41N. The Morgan fingerprint density at radius 1 is 0.893 bits per heavy atom. The molecule has 0 aliphatic carbocycles. The lowest BCUT2D eigenvalue weighted by Gasteiger charge is -2.38. The van der Waals surface area contributed by atoms with Crippen LogP contribution in [0.2, 0.25) is 0 Å². The molecule has 0 aromatic heterocycles. The van der Waals surface area contributed by atoms with E-state index >= 15 is 0 Å². The van der Waals surface area contributed by atoms with E-state index in [-0.39, 0.29) is 5.41 Å². The average molecular weight is 380 g/mol. The number of unbranched alkanes of at least 4 members (excludes halogenated alkanes) is 5. The molecule has 0 amide bonds. The van der Waals surface area contributed by atoms with Gasteiger partial charge in [0.2, 0.25) is 0 Å². The van der Waals surface area contributed by atoms with Crippen LogP contribution in [0.3, 0.4) is 0 Å². The predicted octanol–water partition coefficient (Wildman–Crippen LogP) is 7.61. The summed E-state index contributed by atoms with van der Waals surface area (Å²) in [5, 5.41) is 3.78. The molecule has 0 aliphatic rings. The minimum atomic E-state index is -0.561. The monoisotopic (exact) mass is 379 g/mol. The van der Waals surface area contributed by atoms with Crippen LogP contribution >= 0.6 is 0 Å². The number of nitrogens with one attached hydrogen (secondary N) is 1. The summed E-state index contributed by atoms with van der Waals surface area (Å²) in [6, 6.07) is 8.75. The van der Waals surface area contributed by atoms with E-state index in [1.54, 1.807) is 0 Å². The van der Waals surface area contributed by atoms with Crippen LogP contribution in [0.25, 0.3) is 0 Å². The second-order valence-electron chi connectivity index (χ2n) is 8.73. The van der Waals surface area contributed by atoms with Crippen LogP contribution in [-0.4, -0.2) is 6.54 Å². The summed E-state index contributed by atoms with van der Waals surface area (Å²) in [5.74, 6) is 0. The summed E-state index contributed by atoms with van der Waals surface area (Å²) < 4.78 is 0. The highest BCUT2D eigenvalue weighted by atomic mass is 15.0. The molecule has 0 fully saturated rings. The van der Waals surface area contributed by atoms with E-state index in [0.29, 0.717) is 0 Å². The van der Waals surface area contributed by atoms with Crippen molar-refractivity contribution in [2.75, 3.05) is 6.54 Å². The van der Waals surface area contributed by atoms with Gasteiger partial charge >= 0.3 is 0 Å². The standard InChI is InChI=1S/C27H41N/c1-9-12-13-14-15-16-20-28-27(22(4)10-2,23(5)11-3)25-19-17-18-24(21-25)26(6,7)8/h10-11,17-19,21,28H,2-5,9,12-16,20H2,1,6-8H3. The highest BCUT2D eigenvalue weighted by molar-refractivity contribution is 5.52. The number of hydrogen-bond acceptors (Lipinski definition) is 1. The van der Waals surface area contributed by atoms with Crippen LogP contribution < -0.4 is 5.32 Å². The molecule has 0 bridgehead atoms. The molecule has 1 heteroatoms.